The van der Waals surface area contributed by atoms with E-state index in [-0.39, 0.29) is 11.7 Å². The summed E-state index contributed by atoms with van der Waals surface area (Å²) in [6, 6.07) is 14.8. The zero-order chi connectivity index (χ0) is 17.5. The van der Waals surface area contributed by atoms with E-state index in [2.05, 4.69) is 21.7 Å². The zero-order valence-electron chi connectivity index (χ0n) is 14.0. The Bertz CT molecular complexity index is 844. The fourth-order valence-electron chi connectivity index (χ4n) is 2.83. The number of carbonyl (C=O) groups excluding carboxylic acids is 1. The SMILES string of the molecule is O=C(CCNCc1ccccc1F)NCCc1c[nH]c2ccccc12. The molecule has 3 aromatic rings. The predicted molar refractivity (Wildman–Crippen MR) is 97.7 cm³/mol. The Morgan fingerprint density at radius 3 is 2.68 bits per heavy atom. The third-order valence-corrected chi connectivity index (χ3v) is 4.19. The molecule has 25 heavy (non-hydrogen) atoms. The van der Waals surface area contributed by atoms with Gasteiger partial charge in [-0.1, -0.05) is 36.4 Å². The molecule has 0 saturated heterocycles. The van der Waals surface area contributed by atoms with Crippen molar-refractivity contribution in [1.82, 2.24) is 15.6 Å². The van der Waals surface area contributed by atoms with Crippen LogP contribution in [0.4, 0.5) is 4.39 Å². The molecular formula is C20H22FN3O. The molecule has 0 fully saturated rings. The number of halogens is 1. The summed E-state index contributed by atoms with van der Waals surface area (Å²) in [5, 5.41) is 7.22. The van der Waals surface area contributed by atoms with Crippen LogP contribution in [0.25, 0.3) is 10.9 Å². The smallest absolute Gasteiger partial charge is 0.221 e. The lowest BCUT2D eigenvalue weighted by Crippen LogP contribution is -2.29. The third-order valence-electron chi connectivity index (χ3n) is 4.19. The summed E-state index contributed by atoms with van der Waals surface area (Å²) in [5.41, 5.74) is 2.93. The summed E-state index contributed by atoms with van der Waals surface area (Å²) in [4.78, 5) is 15.1. The Balaban J connectivity index is 1.35. The molecule has 0 aliphatic heterocycles. The minimum Gasteiger partial charge on any atom is -0.361 e. The van der Waals surface area contributed by atoms with Crippen molar-refractivity contribution in [2.75, 3.05) is 13.1 Å². The molecule has 2 aromatic carbocycles. The predicted octanol–water partition coefficient (Wildman–Crippen LogP) is 3.15. The van der Waals surface area contributed by atoms with Gasteiger partial charge in [0.15, 0.2) is 0 Å². The summed E-state index contributed by atoms with van der Waals surface area (Å²) in [5.74, 6) is -0.223. The first kappa shape index (κ1) is 17.2. The van der Waals surface area contributed by atoms with E-state index in [1.165, 1.54) is 17.0 Å². The second-order valence-corrected chi connectivity index (χ2v) is 5.98. The van der Waals surface area contributed by atoms with Crippen molar-refractivity contribution in [3.8, 4) is 0 Å². The molecule has 3 rings (SSSR count). The summed E-state index contributed by atoms with van der Waals surface area (Å²) in [6.07, 6.45) is 3.16. The number of benzene rings is 2. The van der Waals surface area contributed by atoms with Gasteiger partial charge in [-0.3, -0.25) is 4.79 Å². The number of amides is 1. The number of fused-ring (bicyclic) bond motifs is 1. The lowest BCUT2D eigenvalue weighted by molar-refractivity contribution is -0.120. The topological polar surface area (TPSA) is 56.9 Å². The summed E-state index contributed by atoms with van der Waals surface area (Å²) in [7, 11) is 0. The van der Waals surface area contributed by atoms with Gasteiger partial charge in [-0.05, 0) is 24.1 Å². The lowest BCUT2D eigenvalue weighted by atomic mass is 10.1. The fourth-order valence-corrected chi connectivity index (χ4v) is 2.83. The van der Waals surface area contributed by atoms with Gasteiger partial charge < -0.3 is 15.6 Å². The molecule has 0 aliphatic carbocycles. The van der Waals surface area contributed by atoms with Gasteiger partial charge in [-0.15, -0.1) is 0 Å². The van der Waals surface area contributed by atoms with Gasteiger partial charge in [0, 0.05) is 48.7 Å². The van der Waals surface area contributed by atoms with Crippen LogP contribution in [-0.4, -0.2) is 24.0 Å². The van der Waals surface area contributed by atoms with E-state index in [4.69, 9.17) is 0 Å². The first-order valence-electron chi connectivity index (χ1n) is 8.50. The second-order valence-electron chi connectivity index (χ2n) is 5.98. The molecule has 3 N–H and O–H groups in total. The number of carbonyl (C=O) groups is 1. The number of hydrogen-bond acceptors (Lipinski definition) is 2. The Labute approximate surface area is 146 Å². The maximum atomic E-state index is 13.5. The van der Waals surface area contributed by atoms with E-state index in [1.807, 2.05) is 24.4 Å². The minimum absolute atomic E-state index is 0.000810. The molecule has 0 aliphatic rings. The van der Waals surface area contributed by atoms with E-state index >= 15 is 0 Å². The van der Waals surface area contributed by atoms with E-state index in [0.29, 0.717) is 31.6 Å². The van der Waals surface area contributed by atoms with Crippen LogP contribution >= 0.6 is 0 Å². The minimum atomic E-state index is -0.224. The number of nitrogens with one attached hydrogen (secondary N) is 3. The molecule has 130 valence electrons. The first-order valence-corrected chi connectivity index (χ1v) is 8.50. The molecule has 1 aromatic heterocycles. The fraction of sp³-hybridized carbons (Fsp3) is 0.250. The van der Waals surface area contributed by atoms with Gasteiger partial charge in [0.25, 0.3) is 0 Å². The van der Waals surface area contributed by atoms with Crippen molar-refractivity contribution in [3.63, 3.8) is 0 Å². The van der Waals surface area contributed by atoms with E-state index in [9.17, 15) is 9.18 Å². The van der Waals surface area contributed by atoms with Crippen molar-refractivity contribution < 1.29 is 9.18 Å². The van der Waals surface area contributed by atoms with Gasteiger partial charge in [-0.2, -0.15) is 0 Å². The molecule has 1 heterocycles. The molecular weight excluding hydrogens is 317 g/mol. The Morgan fingerprint density at radius 2 is 1.80 bits per heavy atom. The second kappa shape index (κ2) is 8.44. The van der Waals surface area contributed by atoms with Crippen molar-refractivity contribution in [2.45, 2.75) is 19.4 Å². The van der Waals surface area contributed by atoms with Crippen LogP contribution in [0.2, 0.25) is 0 Å². The van der Waals surface area contributed by atoms with Crippen LogP contribution in [0.5, 0.6) is 0 Å². The highest BCUT2D eigenvalue weighted by Crippen LogP contribution is 2.17. The zero-order valence-corrected chi connectivity index (χ0v) is 14.0. The quantitative estimate of drug-likeness (QED) is 0.552. The van der Waals surface area contributed by atoms with Gasteiger partial charge >= 0.3 is 0 Å². The highest BCUT2D eigenvalue weighted by Gasteiger charge is 2.05. The normalized spacial score (nSPS) is 10.9. The molecule has 0 atom stereocenters. The highest BCUT2D eigenvalue weighted by molar-refractivity contribution is 5.83. The molecule has 5 heteroatoms. The Kier molecular flexibility index (Phi) is 5.80. The van der Waals surface area contributed by atoms with Gasteiger partial charge in [0.2, 0.25) is 5.91 Å². The number of para-hydroxylation sites is 1. The molecule has 0 spiro atoms. The molecule has 1 amide bonds. The first-order chi connectivity index (χ1) is 12.2. The number of aromatic nitrogens is 1. The van der Waals surface area contributed by atoms with Crippen LogP contribution in [0, 0.1) is 5.82 Å². The monoisotopic (exact) mass is 339 g/mol. The largest absolute Gasteiger partial charge is 0.361 e. The van der Waals surface area contributed by atoms with Crippen LogP contribution in [0.15, 0.2) is 54.7 Å². The van der Waals surface area contributed by atoms with Crippen molar-refractivity contribution in [2.24, 2.45) is 0 Å². The van der Waals surface area contributed by atoms with Crippen LogP contribution < -0.4 is 10.6 Å². The third kappa shape index (κ3) is 4.67. The molecule has 0 radical (unpaired) electrons. The number of aromatic amines is 1. The standard InChI is InChI=1S/C20H22FN3O/c21-18-7-3-1-5-16(18)13-22-11-10-20(25)23-12-9-15-14-24-19-8-4-2-6-17(15)19/h1-8,14,22,24H,9-13H2,(H,23,25). The summed E-state index contributed by atoms with van der Waals surface area (Å²) in [6.45, 7) is 1.55. The Hall–Kier alpha value is -2.66. The molecule has 0 saturated carbocycles. The number of H-pyrrole nitrogens is 1. The number of rotatable bonds is 8. The highest BCUT2D eigenvalue weighted by atomic mass is 19.1. The number of hydrogen-bond donors (Lipinski definition) is 3. The lowest BCUT2D eigenvalue weighted by Gasteiger charge is -2.07. The van der Waals surface area contributed by atoms with Crippen LogP contribution in [0.3, 0.4) is 0 Å². The average molecular weight is 339 g/mol. The van der Waals surface area contributed by atoms with Crippen molar-refractivity contribution >= 4 is 16.8 Å². The Morgan fingerprint density at radius 1 is 1.00 bits per heavy atom. The maximum absolute atomic E-state index is 13.5. The van der Waals surface area contributed by atoms with Crippen molar-refractivity contribution in [1.29, 1.82) is 0 Å². The molecule has 0 bridgehead atoms. The van der Waals surface area contributed by atoms with Crippen molar-refractivity contribution in [3.05, 3.63) is 71.7 Å². The summed E-state index contributed by atoms with van der Waals surface area (Å²) < 4.78 is 13.5. The van der Waals surface area contributed by atoms with E-state index < -0.39 is 0 Å². The van der Waals surface area contributed by atoms with Crippen LogP contribution in [0.1, 0.15) is 17.5 Å². The van der Waals surface area contributed by atoms with Gasteiger partial charge in [-0.25, -0.2) is 4.39 Å². The average Bonchev–Trinajstić information content (AvgIpc) is 3.03. The van der Waals surface area contributed by atoms with Gasteiger partial charge in [0.1, 0.15) is 5.82 Å². The van der Waals surface area contributed by atoms with E-state index in [0.717, 1.165) is 11.9 Å². The van der Waals surface area contributed by atoms with E-state index in [1.54, 1.807) is 18.2 Å². The maximum Gasteiger partial charge on any atom is 0.221 e. The molecule has 4 nitrogen and oxygen atoms in total. The van der Waals surface area contributed by atoms with Gasteiger partial charge in [0.05, 0.1) is 0 Å². The summed E-state index contributed by atoms with van der Waals surface area (Å²) >= 11 is 0. The molecule has 0 unspecified atom stereocenters. The van der Waals surface area contributed by atoms with Crippen LogP contribution in [-0.2, 0) is 17.8 Å².